The van der Waals surface area contributed by atoms with Gasteiger partial charge in [-0.3, -0.25) is 0 Å². The Kier molecular flexibility index (Phi) is 3.09. The van der Waals surface area contributed by atoms with Crippen molar-refractivity contribution < 1.29 is 4.39 Å². The molecule has 1 aromatic carbocycles. The maximum Gasteiger partial charge on any atom is 0.129 e. The second-order valence-electron chi connectivity index (χ2n) is 2.80. The van der Waals surface area contributed by atoms with Gasteiger partial charge in [0.15, 0.2) is 0 Å². The fourth-order valence-corrected chi connectivity index (χ4v) is 1.07. The van der Waals surface area contributed by atoms with Crippen LogP contribution in [0.2, 0.25) is 0 Å². The Morgan fingerprint density at radius 2 is 2.29 bits per heavy atom. The van der Waals surface area contributed by atoms with Crippen molar-refractivity contribution in [2.45, 2.75) is 6.92 Å². The van der Waals surface area contributed by atoms with Crippen molar-refractivity contribution in [3.8, 4) is 18.4 Å². The van der Waals surface area contributed by atoms with E-state index in [-0.39, 0.29) is 5.56 Å². The summed E-state index contributed by atoms with van der Waals surface area (Å²) in [5, 5.41) is 11.5. The number of rotatable bonds is 2. The minimum Gasteiger partial charge on any atom is -0.374 e. The van der Waals surface area contributed by atoms with Crippen molar-refractivity contribution in [2.24, 2.45) is 0 Å². The summed E-state index contributed by atoms with van der Waals surface area (Å²) in [5.41, 5.74) is 1.33. The molecule has 0 aliphatic rings. The quantitative estimate of drug-likeness (QED) is 0.721. The van der Waals surface area contributed by atoms with Gasteiger partial charge in [0.25, 0.3) is 0 Å². The average Bonchev–Trinajstić information content (AvgIpc) is 2.20. The van der Waals surface area contributed by atoms with E-state index in [9.17, 15) is 4.39 Å². The van der Waals surface area contributed by atoms with E-state index in [4.69, 9.17) is 11.7 Å². The van der Waals surface area contributed by atoms with Crippen LogP contribution in [-0.2, 0) is 0 Å². The molecule has 0 fully saturated rings. The van der Waals surface area contributed by atoms with Gasteiger partial charge in [0.2, 0.25) is 0 Å². The lowest BCUT2D eigenvalue weighted by molar-refractivity contribution is 0.618. The van der Waals surface area contributed by atoms with E-state index < -0.39 is 5.82 Å². The lowest BCUT2D eigenvalue weighted by Crippen LogP contribution is -2.02. The lowest BCUT2D eigenvalue weighted by atomic mass is 10.1. The van der Waals surface area contributed by atoms with Crippen molar-refractivity contribution in [2.75, 3.05) is 11.9 Å². The number of benzene rings is 1. The van der Waals surface area contributed by atoms with Gasteiger partial charge in [-0.15, -0.1) is 6.42 Å². The second kappa shape index (κ2) is 4.30. The second-order valence-corrected chi connectivity index (χ2v) is 2.80. The van der Waals surface area contributed by atoms with Gasteiger partial charge in [-0.25, -0.2) is 4.39 Å². The molecule has 0 aromatic heterocycles. The Labute approximate surface area is 82.4 Å². The fourth-order valence-electron chi connectivity index (χ4n) is 1.07. The normalized spacial score (nSPS) is 8.86. The van der Waals surface area contributed by atoms with E-state index in [0.717, 1.165) is 0 Å². The van der Waals surface area contributed by atoms with Crippen molar-refractivity contribution >= 4 is 5.69 Å². The number of nitrogens with zero attached hydrogens (tertiary/aromatic N) is 1. The summed E-state index contributed by atoms with van der Waals surface area (Å²) in [5.74, 6) is 1.98. The highest BCUT2D eigenvalue weighted by Gasteiger charge is 2.05. The lowest BCUT2D eigenvalue weighted by Gasteiger charge is -2.07. The predicted octanol–water partition coefficient (Wildman–Crippen LogP) is 2.05. The summed E-state index contributed by atoms with van der Waals surface area (Å²) in [6, 6.07) is 4.66. The number of hydrogen-bond donors (Lipinski definition) is 1. The molecule has 3 heteroatoms. The monoisotopic (exact) mass is 188 g/mol. The summed E-state index contributed by atoms with van der Waals surface area (Å²) in [7, 11) is 0. The molecule has 0 aliphatic heterocycles. The highest BCUT2D eigenvalue weighted by atomic mass is 19.1. The molecule has 2 nitrogen and oxygen atoms in total. The largest absolute Gasteiger partial charge is 0.374 e. The molecular weight excluding hydrogens is 179 g/mol. The minimum atomic E-state index is -0.399. The van der Waals surface area contributed by atoms with Crippen LogP contribution in [0.5, 0.6) is 0 Å². The maximum atomic E-state index is 13.2. The summed E-state index contributed by atoms with van der Waals surface area (Å²) in [6.07, 6.45) is 5.06. The number of terminal acetylenes is 1. The Morgan fingerprint density at radius 1 is 1.57 bits per heavy atom. The topological polar surface area (TPSA) is 35.8 Å². The van der Waals surface area contributed by atoms with Gasteiger partial charge in [-0.2, -0.15) is 5.26 Å². The standard InChI is InChI=1S/C11H9FN2/c1-3-4-14-11-6-9(7-13)5-10(12)8(11)2/h1,5-6,14H,4H2,2H3. The molecule has 0 bridgehead atoms. The number of nitrogens with one attached hydrogen (secondary N) is 1. The number of anilines is 1. The van der Waals surface area contributed by atoms with E-state index in [1.807, 2.05) is 6.07 Å². The van der Waals surface area contributed by atoms with Crippen LogP contribution in [0, 0.1) is 36.4 Å². The Hall–Kier alpha value is -2.00. The Balaban J connectivity index is 3.10. The van der Waals surface area contributed by atoms with E-state index in [1.165, 1.54) is 6.07 Å². The van der Waals surface area contributed by atoms with Gasteiger partial charge >= 0.3 is 0 Å². The van der Waals surface area contributed by atoms with Crippen LogP contribution in [0.1, 0.15) is 11.1 Å². The van der Waals surface area contributed by atoms with Crippen LogP contribution in [0.3, 0.4) is 0 Å². The number of hydrogen-bond acceptors (Lipinski definition) is 2. The molecule has 70 valence electrons. The zero-order valence-electron chi connectivity index (χ0n) is 7.76. The molecule has 0 saturated carbocycles. The molecule has 1 rings (SSSR count). The highest BCUT2D eigenvalue weighted by molar-refractivity contribution is 5.56. The predicted molar refractivity (Wildman–Crippen MR) is 53.2 cm³/mol. The summed E-state index contributed by atoms with van der Waals surface area (Å²) in [6.45, 7) is 1.95. The SMILES string of the molecule is C#CCNc1cc(C#N)cc(F)c1C. The molecule has 0 amide bonds. The third-order valence-electron chi connectivity index (χ3n) is 1.85. The Morgan fingerprint density at radius 3 is 2.86 bits per heavy atom. The van der Waals surface area contributed by atoms with Gasteiger partial charge < -0.3 is 5.32 Å². The molecular formula is C11H9FN2. The molecule has 0 spiro atoms. The summed E-state index contributed by atoms with van der Waals surface area (Å²) < 4.78 is 13.2. The van der Waals surface area contributed by atoms with Gasteiger partial charge in [-0.1, -0.05) is 5.92 Å². The molecule has 0 atom stereocenters. The molecule has 0 aliphatic carbocycles. The molecule has 14 heavy (non-hydrogen) atoms. The van der Waals surface area contributed by atoms with Crippen LogP contribution in [0.4, 0.5) is 10.1 Å². The average molecular weight is 188 g/mol. The molecule has 0 saturated heterocycles. The van der Waals surface area contributed by atoms with Gasteiger partial charge in [-0.05, 0) is 19.1 Å². The van der Waals surface area contributed by atoms with Crippen molar-refractivity contribution in [3.63, 3.8) is 0 Å². The van der Waals surface area contributed by atoms with Crippen LogP contribution < -0.4 is 5.32 Å². The van der Waals surface area contributed by atoms with Crippen LogP contribution >= 0.6 is 0 Å². The van der Waals surface area contributed by atoms with Crippen molar-refractivity contribution in [3.05, 3.63) is 29.1 Å². The van der Waals surface area contributed by atoms with E-state index in [2.05, 4.69) is 11.2 Å². The first-order valence-electron chi connectivity index (χ1n) is 4.06. The number of nitriles is 1. The van der Waals surface area contributed by atoms with Crippen LogP contribution in [0.25, 0.3) is 0 Å². The molecule has 0 heterocycles. The molecule has 1 aromatic rings. The highest BCUT2D eigenvalue weighted by Crippen LogP contribution is 2.19. The number of halogens is 1. The van der Waals surface area contributed by atoms with Crippen LogP contribution in [0.15, 0.2) is 12.1 Å². The summed E-state index contributed by atoms with van der Waals surface area (Å²) >= 11 is 0. The first kappa shape index (κ1) is 10.1. The first-order chi connectivity index (χ1) is 6.69. The van der Waals surface area contributed by atoms with E-state index in [0.29, 0.717) is 17.8 Å². The molecule has 0 radical (unpaired) electrons. The molecule has 0 unspecified atom stereocenters. The molecule has 1 N–H and O–H groups in total. The summed E-state index contributed by atoms with van der Waals surface area (Å²) in [4.78, 5) is 0. The fraction of sp³-hybridized carbons (Fsp3) is 0.182. The van der Waals surface area contributed by atoms with Crippen LogP contribution in [-0.4, -0.2) is 6.54 Å². The smallest absolute Gasteiger partial charge is 0.129 e. The van der Waals surface area contributed by atoms with Crippen molar-refractivity contribution in [1.29, 1.82) is 5.26 Å². The minimum absolute atomic E-state index is 0.285. The zero-order chi connectivity index (χ0) is 10.6. The third-order valence-corrected chi connectivity index (χ3v) is 1.85. The van der Waals surface area contributed by atoms with E-state index in [1.54, 1.807) is 13.0 Å². The Bertz CT molecular complexity index is 424. The third kappa shape index (κ3) is 2.02. The van der Waals surface area contributed by atoms with Gasteiger partial charge in [0.1, 0.15) is 5.82 Å². The van der Waals surface area contributed by atoms with Gasteiger partial charge in [0, 0.05) is 11.3 Å². The maximum absolute atomic E-state index is 13.2. The first-order valence-corrected chi connectivity index (χ1v) is 4.06. The van der Waals surface area contributed by atoms with Gasteiger partial charge in [0.05, 0.1) is 18.2 Å². The van der Waals surface area contributed by atoms with Crippen molar-refractivity contribution in [1.82, 2.24) is 0 Å². The van der Waals surface area contributed by atoms with E-state index >= 15 is 0 Å². The zero-order valence-corrected chi connectivity index (χ0v) is 7.76.